The average molecular weight is 359 g/mol. The molecule has 0 aliphatic carbocycles. The number of nitrogens with zero attached hydrogens (tertiary/aromatic N) is 6. The topological polar surface area (TPSA) is 84.7 Å². The third-order valence-corrected chi connectivity index (χ3v) is 4.46. The van der Waals surface area contributed by atoms with Gasteiger partial charge in [-0.15, -0.1) is 9.89 Å². The molecule has 1 aliphatic heterocycles. The first-order valence-electron chi connectivity index (χ1n) is 8.68. The van der Waals surface area contributed by atoms with Crippen LogP contribution in [0.4, 0.5) is 17.1 Å². The van der Waals surface area contributed by atoms with Crippen LogP contribution in [-0.4, -0.2) is 40.4 Å². The highest BCUT2D eigenvalue weighted by Crippen LogP contribution is 2.26. The van der Waals surface area contributed by atoms with Crippen LogP contribution in [0.15, 0.2) is 52.6 Å². The van der Waals surface area contributed by atoms with Gasteiger partial charge in [0, 0.05) is 31.0 Å². The minimum absolute atomic E-state index is 0.584. The van der Waals surface area contributed by atoms with Gasteiger partial charge in [0.1, 0.15) is 5.71 Å². The van der Waals surface area contributed by atoms with Gasteiger partial charge >= 0.3 is 0 Å². The monoisotopic (exact) mass is 359 g/mol. The molecule has 0 atom stereocenters. The zero-order valence-corrected chi connectivity index (χ0v) is 15.8. The summed E-state index contributed by atoms with van der Waals surface area (Å²) < 4.78 is 0. The van der Waals surface area contributed by atoms with E-state index in [1.807, 2.05) is 51.4 Å². The third kappa shape index (κ3) is 3.08. The summed E-state index contributed by atoms with van der Waals surface area (Å²) in [6.07, 6.45) is 0. The Bertz CT molecular complexity index is 1090. The predicted molar refractivity (Wildman–Crippen MR) is 110 cm³/mol. The van der Waals surface area contributed by atoms with Crippen molar-refractivity contribution < 1.29 is 0 Å². The molecule has 0 bridgehead atoms. The summed E-state index contributed by atoms with van der Waals surface area (Å²) in [6.45, 7) is 3.97. The molecule has 136 valence electrons. The smallest absolute Gasteiger partial charge is 0.204 e. The number of aryl methyl sites for hydroxylation is 1. The van der Waals surface area contributed by atoms with E-state index in [1.165, 1.54) is 4.79 Å². The lowest BCUT2D eigenvalue weighted by molar-refractivity contribution is 0.747. The van der Waals surface area contributed by atoms with Crippen LogP contribution in [0, 0.1) is 6.92 Å². The lowest BCUT2D eigenvalue weighted by Gasteiger charge is -2.13. The highest BCUT2D eigenvalue weighted by atomic mass is 15.6. The Morgan fingerprint density at radius 3 is 2.59 bits per heavy atom. The summed E-state index contributed by atoms with van der Waals surface area (Å²) in [5, 5.41) is 8.94. The zero-order valence-electron chi connectivity index (χ0n) is 15.8. The van der Waals surface area contributed by atoms with E-state index >= 15 is 0 Å². The Hall–Kier alpha value is -3.48. The van der Waals surface area contributed by atoms with E-state index in [2.05, 4.69) is 39.1 Å². The summed E-state index contributed by atoms with van der Waals surface area (Å²) >= 11 is 0. The lowest BCUT2D eigenvalue weighted by Crippen LogP contribution is -2.09. The van der Waals surface area contributed by atoms with Crippen molar-refractivity contribution in [2.75, 3.05) is 24.7 Å². The standard InChI is InChI=1S/C20H21N7/c1-12-10-16(26(3)4)8-9-17(12)22-18-13(2)24-27-20(18)23-19(25-27)14-6-5-7-15(21)11-14/h5-11H,21H2,1-4H3. The van der Waals surface area contributed by atoms with Crippen LogP contribution in [0.5, 0.6) is 0 Å². The van der Waals surface area contributed by atoms with Crippen molar-refractivity contribution in [1.29, 1.82) is 0 Å². The molecule has 0 spiro atoms. The van der Waals surface area contributed by atoms with E-state index in [4.69, 9.17) is 10.7 Å². The maximum absolute atomic E-state index is 5.87. The van der Waals surface area contributed by atoms with E-state index in [9.17, 15) is 0 Å². The van der Waals surface area contributed by atoms with Gasteiger partial charge in [-0.25, -0.2) is 9.98 Å². The molecule has 0 unspecified atom stereocenters. The number of nitrogen functional groups attached to an aromatic ring is 1. The van der Waals surface area contributed by atoms with Crippen LogP contribution in [0.2, 0.25) is 0 Å². The van der Waals surface area contributed by atoms with Gasteiger partial charge in [0.15, 0.2) is 5.82 Å². The molecule has 1 aliphatic rings. The second-order valence-corrected chi connectivity index (χ2v) is 6.78. The van der Waals surface area contributed by atoms with Crippen LogP contribution in [0.1, 0.15) is 18.3 Å². The van der Waals surface area contributed by atoms with Crippen molar-refractivity contribution in [1.82, 2.24) is 14.9 Å². The first-order valence-corrected chi connectivity index (χ1v) is 8.68. The summed E-state index contributed by atoms with van der Waals surface area (Å²) in [4.78, 5) is 13.1. The van der Waals surface area contributed by atoms with E-state index < -0.39 is 0 Å². The molecule has 0 radical (unpaired) electrons. The molecular formula is C20H21N7. The van der Waals surface area contributed by atoms with Gasteiger partial charge in [0.2, 0.25) is 5.82 Å². The van der Waals surface area contributed by atoms with Crippen LogP contribution >= 0.6 is 0 Å². The van der Waals surface area contributed by atoms with E-state index in [1.54, 1.807) is 0 Å². The van der Waals surface area contributed by atoms with Crippen LogP contribution in [-0.2, 0) is 0 Å². The molecule has 27 heavy (non-hydrogen) atoms. The summed E-state index contributed by atoms with van der Waals surface area (Å²) in [5.41, 5.74) is 12.1. The molecule has 0 amide bonds. The predicted octanol–water partition coefficient (Wildman–Crippen LogP) is 3.26. The first-order chi connectivity index (χ1) is 12.9. The number of aliphatic imine (C=N–C) groups is 1. The normalized spacial score (nSPS) is 14.4. The van der Waals surface area contributed by atoms with Crippen LogP contribution in [0.3, 0.4) is 0 Å². The Kier molecular flexibility index (Phi) is 3.99. The largest absolute Gasteiger partial charge is 0.399 e. The molecule has 7 heteroatoms. The zero-order chi connectivity index (χ0) is 19.1. The quantitative estimate of drug-likeness (QED) is 0.728. The van der Waals surface area contributed by atoms with Crippen LogP contribution in [0.25, 0.3) is 11.4 Å². The minimum atomic E-state index is 0.584. The van der Waals surface area contributed by atoms with Gasteiger partial charge in [0.05, 0.1) is 11.4 Å². The van der Waals surface area contributed by atoms with Gasteiger partial charge in [0.25, 0.3) is 0 Å². The second-order valence-electron chi connectivity index (χ2n) is 6.78. The number of aromatic nitrogens is 3. The van der Waals surface area contributed by atoms with Gasteiger partial charge in [-0.1, -0.05) is 12.1 Å². The second kappa shape index (κ2) is 6.35. The Labute approximate surface area is 157 Å². The number of benzene rings is 2. The summed E-state index contributed by atoms with van der Waals surface area (Å²) in [6, 6.07) is 13.7. The van der Waals surface area contributed by atoms with E-state index in [0.717, 1.165) is 33.9 Å². The fourth-order valence-electron chi connectivity index (χ4n) is 2.97. The molecular weight excluding hydrogens is 338 g/mol. The first kappa shape index (κ1) is 17.0. The van der Waals surface area contributed by atoms with E-state index in [-0.39, 0.29) is 0 Å². The highest BCUT2D eigenvalue weighted by Gasteiger charge is 2.25. The number of rotatable bonds is 3. The molecule has 2 aromatic carbocycles. The molecule has 4 rings (SSSR count). The van der Waals surface area contributed by atoms with Crippen molar-refractivity contribution in [2.24, 2.45) is 10.1 Å². The van der Waals surface area contributed by atoms with Crippen molar-refractivity contribution >= 4 is 28.5 Å². The van der Waals surface area contributed by atoms with Gasteiger partial charge < -0.3 is 10.6 Å². The summed E-state index contributed by atoms with van der Waals surface area (Å²) in [7, 11) is 4.04. The van der Waals surface area contributed by atoms with E-state index in [0.29, 0.717) is 17.3 Å². The maximum Gasteiger partial charge on any atom is 0.204 e. The van der Waals surface area contributed by atoms with Crippen molar-refractivity contribution in [3.63, 3.8) is 0 Å². The molecule has 3 aromatic rings. The number of anilines is 2. The molecule has 1 aromatic heterocycles. The average Bonchev–Trinajstić information content (AvgIpc) is 3.15. The number of hydrogen-bond donors (Lipinski definition) is 1. The SMILES string of the molecule is CC1=Nn2nc(-c3cccc(N)c3)nc2C1=Nc1ccc(N(C)C)cc1C. The van der Waals surface area contributed by atoms with Gasteiger partial charge in [-0.05, 0) is 49.7 Å². The Morgan fingerprint density at radius 2 is 1.89 bits per heavy atom. The molecule has 2 N–H and O–H groups in total. The van der Waals surface area contributed by atoms with Crippen molar-refractivity contribution in [3.05, 3.63) is 53.9 Å². The van der Waals surface area contributed by atoms with Gasteiger partial charge in [-0.3, -0.25) is 0 Å². The number of nitrogens with two attached hydrogens (primary N) is 1. The third-order valence-electron chi connectivity index (χ3n) is 4.46. The Balaban J connectivity index is 1.75. The molecule has 7 nitrogen and oxygen atoms in total. The highest BCUT2D eigenvalue weighted by molar-refractivity contribution is 6.48. The van der Waals surface area contributed by atoms with Crippen molar-refractivity contribution in [3.8, 4) is 11.4 Å². The van der Waals surface area contributed by atoms with Gasteiger partial charge in [-0.2, -0.15) is 5.10 Å². The number of hydrogen-bond acceptors (Lipinski definition) is 6. The fraction of sp³-hybridized carbons (Fsp3) is 0.200. The lowest BCUT2D eigenvalue weighted by atomic mass is 10.1. The molecule has 0 saturated heterocycles. The molecule has 2 heterocycles. The maximum atomic E-state index is 5.87. The van der Waals surface area contributed by atoms with Crippen molar-refractivity contribution in [2.45, 2.75) is 13.8 Å². The summed E-state index contributed by atoms with van der Waals surface area (Å²) in [5.74, 6) is 1.22. The fourth-order valence-corrected chi connectivity index (χ4v) is 2.97. The minimum Gasteiger partial charge on any atom is -0.399 e. The van der Waals surface area contributed by atoms with Crippen LogP contribution < -0.4 is 10.6 Å². The molecule has 0 fully saturated rings. The Morgan fingerprint density at radius 1 is 1.07 bits per heavy atom. The number of fused-ring (bicyclic) bond motifs is 1. The molecule has 0 saturated carbocycles.